The van der Waals surface area contributed by atoms with E-state index in [4.69, 9.17) is 0 Å². The van der Waals surface area contributed by atoms with Crippen molar-refractivity contribution in [3.8, 4) is 0 Å². The van der Waals surface area contributed by atoms with Crippen LogP contribution < -0.4 is 4.90 Å². The summed E-state index contributed by atoms with van der Waals surface area (Å²) < 4.78 is 25.4. The van der Waals surface area contributed by atoms with Crippen LogP contribution in [0, 0.1) is 12.0 Å². The molecule has 0 aliphatic rings. The van der Waals surface area contributed by atoms with Crippen molar-refractivity contribution in [1.82, 2.24) is 9.97 Å². The molecule has 0 saturated carbocycles. The van der Waals surface area contributed by atoms with Gasteiger partial charge < -0.3 is 10.0 Å². The predicted molar refractivity (Wildman–Crippen MR) is 51.5 cm³/mol. The van der Waals surface area contributed by atoms with E-state index in [1.54, 1.807) is 20.9 Å². The minimum absolute atomic E-state index is 0.0992. The quantitative estimate of drug-likeness (QED) is 0.605. The Kier molecular flexibility index (Phi) is 3.18. The van der Waals surface area contributed by atoms with Gasteiger partial charge in [-0.1, -0.05) is 0 Å². The smallest absolute Gasteiger partial charge is 0.313 e. The number of nitrogens with zero attached hydrogens (tertiary/aromatic N) is 3. The fourth-order valence-corrected chi connectivity index (χ4v) is 1.24. The monoisotopic (exact) mass is 217 g/mol. The zero-order valence-corrected chi connectivity index (χ0v) is 8.83. The minimum atomic E-state index is -1.12. The van der Waals surface area contributed by atoms with E-state index in [1.165, 1.54) is 4.90 Å². The third-order valence-corrected chi connectivity index (χ3v) is 1.67. The van der Waals surface area contributed by atoms with Gasteiger partial charge in [-0.2, -0.15) is 18.7 Å². The SMILES string of the molecule is CN(CC(C)(C)O)c1cc(F)nc(F)n1. The molecule has 0 saturated heterocycles. The first-order chi connectivity index (χ1) is 6.78. The molecular formula is C9H13F2N3O. The number of hydrogen-bond acceptors (Lipinski definition) is 4. The van der Waals surface area contributed by atoms with Gasteiger partial charge in [-0.25, -0.2) is 0 Å². The van der Waals surface area contributed by atoms with Gasteiger partial charge in [0.1, 0.15) is 5.82 Å². The summed E-state index contributed by atoms with van der Waals surface area (Å²) in [7, 11) is 1.58. The molecule has 84 valence electrons. The molecule has 1 aromatic rings. The van der Waals surface area contributed by atoms with Crippen molar-refractivity contribution in [2.75, 3.05) is 18.5 Å². The van der Waals surface area contributed by atoms with Crippen LogP contribution in [0.4, 0.5) is 14.6 Å². The Balaban J connectivity index is 2.86. The largest absolute Gasteiger partial charge is 0.389 e. The Morgan fingerprint density at radius 2 is 2.00 bits per heavy atom. The fraction of sp³-hybridized carbons (Fsp3) is 0.556. The Bertz CT molecular complexity index is 331. The number of rotatable bonds is 3. The molecule has 0 atom stereocenters. The van der Waals surface area contributed by atoms with Crippen LogP contribution in [-0.2, 0) is 0 Å². The van der Waals surface area contributed by atoms with Crippen molar-refractivity contribution in [3.05, 3.63) is 18.1 Å². The van der Waals surface area contributed by atoms with E-state index < -0.39 is 17.6 Å². The van der Waals surface area contributed by atoms with Gasteiger partial charge in [-0.05, 0) is 13.8 Å². The summed E-state index contributed by atoms with van der Waals surface area (Å²) in [6, 6.07) is 1.01. The molecule has 1 rings (SSSR count). The zero-order chi connectivity index (χ0) is 11.6. The summed E-state index contributed by atoms with van der Waals surface area (Å²) in [6.07, 6.45) is -1.12. The van der Waals surface area contributed by atoms with E-state index in [1.807, 2.05) is 0 Å². The van der Waals surface area contributed by atoms with Gasteiger partial charge in [0.05, 0.1) is 5.60 Å². The second kappa shape index (κ2) is 4.06. The lowest BCUT2D eigenvalue weighted by Crippen LogP contribution is -2.36. The van der Waals surface area contributed by atoms with Crippen molar-refractivity contribution in [1.29, 1.82) is 0 Å². The lowest BCUT2D eigenvalue weighted by molar-refractivity contribution is 0.0884. The van der Waals surface area contributed by atoms with Crippen molar-refractivity contribution in [3.63, 3.8) is 0 Å². The second-order valence-electron chi connectivity index (χ2n) is 3.99. The maximum absolute atomic E-state index is 12.7. The average Bonchev–Trinajstić information content (AvgIpc) is 1.98. The molecule has 15 heavy (non-hydrogen) atoms. The lowest BCUT2D eigenvalue weighted by Gasteiger charge is -2.26. The van der Waals surface area contributed by atoms with Gasteiger partial charge in [0.25, 0.3) is 0 Å². The zero-order valence-electron chi connectivity index (χ0n) is 8.83. The van der Waals surface area contributed by atoms with Crippen LogP contribution in [-0.4, -0.2) is 34.3 Å². The molecule has 0 amide bonds. The molecule has 6 heteroatoms. The van der Waals surface area contributed by atoms with Crippen LogP contribution in [0.25, 0.3) is 0 Å². The maximum Gasteiger partial charge on any atom is 0.313 e. The normalized spacial score (nSPS) is 11.6. The van der Waals surface area contributed by atoms with Crippen LogP contribution in [0.15, 0.2) is 6.07 Å². The van der Waals surface area contributed by atoms with Gasteiger partial charge in [-0.15, -0.1) is 0 Å². The van der Waals surface area contributed by atoms with Crippen LogP contribution in [0.3, 0.4) is 0 Å². The Labute approximate surface area is 86.6 Å². The van der Waals surface area contributed by atoms with Gasteiger partial charge in [0.15, 0.2) is 0 Å². The van der Waals surface area contributed by atoms with Crippen LogP contribution in [0.1, 0.15) is 13.8 Å². The Morgan fingerprint density at radius 1 is 1.40 bits per heavy atom. The number of hydrogen-bond donors (Lipinski definition) is 1. The molecule has 0 aromatic carbocycles. The first-order valence-corrected chi connectivity index (χ1v) is 4.41. The van der Waals surface area contributed by atoms with Crippen molar-refractivity contribution in [2.24, 2.45) is 0 Å². The summed E-state index contributed by atoms with van der Waals surface area (Å²) >= 11 is 0. The molecule has 0 bridgehead atoms. The highest BCUT2D eigenvalue weighted by molar-refractivity contribution is 5.36. The summed E-state index contributed by atoms with van der Waals surface area (Å²) in [4.78, 5) is 7.75. The molecule has 0 aliphatic carbocycles. The minimum Gasteiger partial charge on any atom is -0.389 e. The predicted octanol–water partition coefficient (Wildman–Crippen LogP) is 0.962. The van der Waals surface area contributed by atoms with E-state index in [0.717, 1.165) is 6.07 Å². The van der Waals surface area contributed by atoms with E-state index in [2.05, 4.69) is 9.97 Å². The molecule has 4 nitrogen and oxygen atoms in total. The standard InChI is InChI=1S/C9H13F2N3O/c1-9(2,15)5-14(3)7-4-6(10)12-8(11)13-7/h4,15H,5H2,1-3H3. The molecule has 1 heterocycles. The van der Waals surface area contributed by atoms with Gasteiger partial charge in [0.2, 0.25) is 5.95 Å². The summed E-state index contributed by atoms with van der Waals surface area (Å²) in [5.74, 6) is -0.831. The average molecular weight is 217 g/mol. The number of anilines is 1. The fourth-order valence-electron chi connectivity index (χ4n) is 1.24. The van der Waals surface area contributed by atoms with E-state index >= 15 is 0 Å². The number of aliphatic hydroxyl groups is 1. The van der Waals surface area contributed by atoms with Crippen molar-refractivity contribution in [2.45, 2.75) is 19.4 Å². The number of halogens is 2. The molecule has 1 N–H and O–H groups in total. The second-order valence-corrected chi connectivity index (χ2v) is 3.99. The lowest BCUT2D eigenvalue weighted by atomic mass is 10.1. The summed E-state index contributed by atoms with van der Waals surface area (Å²) in [6.45, 7) is 3.40. The summed E-state index contributed by atoms with van der Waals surface area (Å²) in [5.41, 5.74) is -0.966. The van der Waals surface area contributed by atoms with Gasteiger partial charge in [-0.3, -0.25) is 0 Å². The molecule has 0 unspecified atom stereocenters. The first-order valence-electron chi connectivity index (χ1n) is 4.41. The van der Waals surface area contributed by atoms with Crippen molar-refractivity contribution >= 4 is 5.82 Å². The highest BCUT2D eigenvalue weighted by Gasteiger charge is 2.17. The van der Waals surface area contributed by atoms with Gasteiger partial charge in [0, 0.05) is 19.7 Å². The third kappa shape index (κ3) is 3.75. The Hall–Kier alpha value is -1.30. The van der Waals surface area contributed by atoms with E-state index in [-0.39, 0.29) is 12.4 Å². The molecular weight excluding hydrogens is 204 g/mol. The molecule has 0 aliphatic heterocycles. The van der Waals surface area contributed by atoms with Crippen LogP contribution in [0.2, 0.25) is 0 Å². The topological polar surface area (TPSA) is 49.2 Å². The first kappa shape index (κ1) is 11.8. The van der Waals surface area contributed by atoms with E-state index in [0.29, 0.717) is 0 Å². The van der Waals surface area contributed by atoms with Crippen LogP contribution >= 0.6 is 0 Å². The third-order valence-electron chi connectivity index (χ3n) is 1.67. The maximum atomic E-state index is 12.7. The Morgan fingerprint density at radius 3 is 2.47 bits per heavy atom. The highest BCUT2D eigenvalue weighted by atomic mass is 19.1. The highest BCUT2D eigenvalue weighted by Crippen LogP contribution is 2.13. The molecule has 0 spiro atoms. The van der Waals surface area contributed by atoms with Crippen LogP contribution in [0.5, 0.6) is 0 Å². The number of likely N-dealkylation sites (N-methyl/N-ethyl adjacent to an activating group) is 1. The van der Waals surface area contributed by atoms with E-state index in [9.17, 15) is 13.9 Å². The summed E-state index contributed by atoms with van der Waals surface area (Å²) in [5, 5.41) is 9.52. The molecule has 0 radical (unpaired) electrons. The van der Waals surface area contributed by atoms with Gasteiger partial charge >= 0.3 is 6.08 Å². The van der Waals surface area contributed by atoms with Crippen molar-refractivity contribution < 1.29 is 13.9 Å². The molecule has 1 aromatic heterocycles. The number of aromatic nitrogens is 2. The molecule has 0 fully saturated rings.